The molecule has 5 heteroatoms. The van der Waals surface area contributed by atoms with Crippen molar-refractivity contribution in [3.8, 4) is 5.75 Å². The largest absolute Gasteiger partial charge is 0.497 e. The third kappa shape index (κ3) is 5.28. The lowest BCUT2D eigenvalue weighted by Gasteiger charge is -2.44. The predicted octanol–water partition coefficient (Wildman–Crippen LogP) is 5.34. The molecule has 162 valence electrons. The zero-order valence-corrected chi connectivity index (χ0v) is 18.5. The summed E-state index contributed by atoms with van der Waals surface area (Å²) in [5.41, 5.74) is 2.71. The van der Waals surface area contributed by atoms with E-state index in [0.717, 1.165) is 35.4 Å². The van der Waals surface area contributed by atoms with Crippen molar-refractivity contribution >= 4 is 11.6 Å². The smallest absolute Gasteiger partial charge is 0.122 e. The van der Waals surface area contributed by atoms with Crippen molar-refractivity contribution in [2.45, 2.75) is 31.3 Å². The van der Waals surface area contributed by atoms with Crippen LogP contribution in [0.3, 0.4) is 0 Å². The minimum Gasteiger partial charge on any atom is -0.497 e. The normalized spacial score (nSPS) is 21.0. The number of piperidine rings is 1. The SMILES string of the molecule is COc1cccc(COC2(c3ccc(Cl)cc3)CCNCC2OCc2ccccc2)c1. The average Bonchev–Trinajstić information content (AvgIpc) is 2.83. The number of halogens is 1. The summed E-state index contributed by atoms with van der Waals surface area (Å²) in [6.07, 6.45) is 0.658. The van der Waals surface area contributed by atoms with Crippen LogP contribution in [-0.4, -0.2) is 26.3 Å². The summed E-state index contributed by atoms with van der Waals surface area (Å²) in [5, 5.41) is 4.18. The van der Waals surface area contributed by atoms with Crippen LogP contribution in [0.2, 0.25) is 5.02 Å². The third-order valence-electron chi connectivity index (χ3n) is 5.78. The fraction of sp³-hybridized carbons (Fsp3) is 0.308. The van der Waals surface area contributed by atoms with E-state index in [9.17, 15) is 0 Å². The van der Waals surface area contributed by atoms with Gasteiger partial charge in [-0.1, -0.05) is 66.2 Å². The van der Waals surface area contributed by atoms with Gasteiger partial charge in [0.1, 0.15) is 17.5 Å². The lowest BCUT2D eigenvalue weighted by atomic mass is 9.82. The Morgan fingerprint density at radius 3 is 2.48 bits per heavy atom. The van der Waals surface area contributed by atoms with Crippen LogP contribution in [0.25, 0.3) is 0 Å². The highest BCUT2D eigenvalue weighted by Crippen LogP contribution is 2.38. The first kappa shape index (κ1) is 21.8. The van der Waals surface area contributed by atoms with E-state index in [4.69, 9.17) is 25.8 Å². The summed E-state index contributed by atoms with van der Waals surface area (Å²) < 4.78 is 18.6. The van der Waals surface area contributed by atoms with Gasteiger partial charge in [0, 0.05) is 11.6 Å². The third-order valence-corrected chi connectivity index (χ3v) is 6.03. The molecule has 0 amide bonds. The van der Waals surface area contributed by atoms with E-state index in [-0.39, 0.29) is 6.10 Å². The Morgan fingerprint density at radius 1 is 0.935 bits per heavy atom. The Hall–Kier alpha value is -2.37. The highest BCUT2D eigenvalue weighted by atomic mass is 35.5. The van der Waals surface area contributed by atoms with Crippen LogP contribution < -0.4 is 10.1 Å². The van der Waals surface area contributed by atoms with Crippen molar-refractivity contribution < 1.29 is 14.2 Å². The number of rotatable bonds is 8. The van der Waals surface area contributed by atoms with E-state index in [2.05, 4.69) is 35.6 Å². The Morgan fingerprint density at radius 2 is 1.71 bits per heavy atom. The van der Waals surface area contributed by atoms with Gasteiger partial charge in [-0.05, 0) is 53.9 Å². The Balaban J connectivity index is 1.61. The monoisotopic (exact) mass is 437 g/mol. The standard InChI is InChI=1S/C26H28ClNO3/c1-29-24-9-5-8-21(16-24)19-31-26(22-10-12-23(27)13-11-22)14-15-28-17-25(26)30-18-20-6-3-2-4-7-20/h2-13,16,25,28H,14-15,17-19H2,1H3. The maximum atomic E-state index is 6.72. The Bertz CT molecular complexity index is 964. The molecule has 1 N–H and O–H groups in total. The molecule has 0 saturated carbocycles. The number of nitrogens with one attached hydrogen (secondary N) is 1. The maximum absolute atomic E-state index is 6.72. The first-order valence-electron chi connectivity index (χ1n) is 10.6. The molecule has 1 aliphatic heterocycles. The number of benzene rings is 3. The Kier molecular flexibility index (Phi) is 7.25. The fourth-order valence-electron chi connectivity index (χ4n) is 4.08. The lowest BCUT2D eigenvalue weighted by molar-refractivity contribution is -0.176. The summed E-state index contributed by atoms with van der Waals surface area (Å²) in [7, 11) is 1.68. The molecule has 2 atom stereocenters. The van der Waals surface area contributed by atoms with Gasteiger partial charge in [-0.2, -0.15) is 0 Å². The molecule has 31 heavy (non-hydrogen) atoms. The van der Waals surface area contributed by atoms with Crippen LogP contribution in [0.5, 0.6) is 5.75 Å². The van der Waals surface area contributed by atoms with Crippen molar-refractivity contribution in [1.82, 2.24) is 5.32 Å². The van der Waals surface area contributed by atoms with Gasteiger partial charge in [-0.15, -0.1) is 0 Å². The molecule has 3 aromatic carbocycles. The van der Waals surface area contributed by atoms with Crippen molar-refractivity contribution in [3.63, 3.8) is 0 Å². The summed E-state index contributed by atoms with van der Waals surface area (Å²) in [5.74, 6) is 0.823. The minimum atomic E-state index is -0.576. The number of methoxy groups -OCH3 is 1. The zero-order valence-electron chi connectivity index (χ0n) is 17.7. The molecule has 1 fully saturated rings. The molecule has 0 radical (unpaired) electrons. The fourth-order valence-corrected chi connectivity index (χ4v) is 4.21. The molecule has 0 bridgehead atoms. The van der Waals surface area contributed by atoms with E-state index >= 15 is 0 Å². The highest BCUT2D eigenvalue weighted by Gasteiger charge is 2.44. The minimum absolute atomic E-state index is 0.145. The van der Waals surface area contributed by atoms with Gasteiger partial charge in [-0.25, -0.2) is 0 Å². The van der Waals surface area contributed by atoms with Crippen LogP contribution in [-0.2, 0) is 28.3 Å². The molecule has 1 saturated heterocycles. The lowest BCUT2D eigenvalue weighted by Crippen LogP contribution is -2.54. The molecule has 3 aromatic rings. The van der Waals surface area contributed by atoms with Gasteiger partial charge in [0.25, 0.3) is 0 Å². The Labute approximate surface area is 189 Å². The molecule has 0 aliphatic carbocycles. The summed E-state index contributed by atoms with van der Waals surface area (Å²) in [6.45, 7) is 2.57. The molecule has 0 aromatic heterocycles. The number of hydrogen-bond donors (Lipinski definition) is 1. The predicted molar refractivity (Wildman–Crippen MR) is 123 cm³/mol. The summed E-state index contributed by atoms with van der Waals surface area (Å²) in [6, 6.07) is 26.2. The van der Waals surface area contributed by atoms with Crippen molar-refractivity contribution in [1.29, 1.82) is 0 Å². The van der Waals surface area contributed by atoms with Gasteiger partial charge in [0.05, 0.1) is 20.3 Å². The molecule has 1 heterocycles. The van der Waals surface area contributed by atoms with E-state index in [0.29, 0.717) is 24.8 Å². The van der Waals surface area contributed by atoms with Gasteiger partial charge >= 0.3 is 0 Å². The summed E-state index contributed by atoms with van der Waals surface area (Å²) in [4.78, 5) is 0. The number of hydrogen-bond acceptors (Lipinski definition) is 4. The maximum Gasteiger partial charge on any atom is 0.122 e. The quantitative estimate of drug-likeness (QED) is 0.516. The number of ether oxygens (including phenoxy) is 3. The van der Waals surface area contributed by atoms with Crippen LogP contribution in [0.15, 0.2) is 78.9 Å². The van der Waals surface area contributed by atoms with Gasteiger partial charge < -0.3 is 19.5 Å². The molecule has 1 aliphatic rings. The van der Waals surface area contributed by atoms with Gasteiger partial charge in [0.2, 0.25) is 0 Å². The highest BCUT2D eigenvalue weighted by molar-refractivity contribution is 6.30. The van der Waals surface area contributed by atoms with Gasteiger partial charge in [0.15, 0.2) is 0 Å². The van der Waals surface area contributed by atoms with Crippen LogP contribution in [0.1, 0.15) is 23.1 Å². The molecule has 2 unspecified atom stereocenters. The van der Waals surface area contributed by atoms with Crippen molar-refractivity contribution in [3.05, 3.63) is 101 Å². The van der Waals surface area contributed by atoms with E-state index in [1.54, 1.807) is 7.11 Å². The molecule has 4 nitrogen and oxygen atoms in total. The molecule has 4 rings (SSSR count). The van der Waals surface area contributed by atoms with E-state index in [1.165, 1.54) is 0 Å². The van der Waals surface area contributed by atoms with Crippen LogP contribution in [0, 0.1) is 0 Å². The second-order valence-corrected chi connectivity index (χ2v) is 8.21. The molecular formula is C26H28ClNO3. The molecule has 0 spiro atoms. The van der Waals surface area contributed by atoms with Crippen LogP contribution >= 0.6 is 11.6 Å². The first-order valence-corrected chi connectivity index (χ1v) is 11.0. The molecular weight excluding hydrogens is 410 g/mol. The van der Waals surface area contributed by atoms with E-state index < -0.39 is 5.60 Å². The van der Waals surface area contributed by atoms with E-state index in [1.807, 2.05) is 48.5 Å². The average molecular weight is 438 g/mol. The topological polar surface area (TPSA) is 39.7 Å². The summed E-state index contributed by atoms with van der Waals surface area (Å²) >= 11 is 6.18. The zero-order chi connectivity index (χ0) is 21.5. The van der Waals surface area contributed by atoms with Gasteiger partial charge in [-0.3, -0.25) is 0 Å². The van der Waals surface area contributed by atoms with Crippen LogP contribution in [0.4, 0.5) is 0 Å². The second-order valence-electron chi connectivity index (χ2n) is 7.78. The first-order chi connectivity index (χ1) is 15.2. The van der Waals surface area contributed by atoms with Crippen molar-refractivity contribution in [2.75, 3.05) is 20.2 Å². The second kappa shape index (κ2) is 10.3. The van der Waals surface area contributed by atoms with Crippen molar-refractivity contribution in [2.24, 2.45) is 0 Å².